The van der Waals surface area contributed by atoms with E-state index in [4.69, 9.17) is 0 Å². The maximum absolute atomic E-state index is 2.67. The van der Waals surface area contributed by atoms with Crippen molar-refractivity contribution in [2.24, 2.45) is 0 Å². The molecule has 0 unspecified atom stereocenters. The van der Waals surface area contributed by atoms with Crippen molar-refractivity contribution < 1.29 is 0 Å². The van der Waals surface area contributed by atoms with Crippen molar-refractivity contribution in [2.45, 2.75) is 9.79 Å². The fourth-order valence-corrected chi connectivity index (χ4v) is 9.18. The van der Waals surface area contributed by atoms with E-state index in [9.17, 15) is 0 Å². The van der Waals surface area contributed by atoms with Crippen LogP contribution in [0.1, 0.15) is 0 Å². The van der Waals surface area contributed by atoms with Gasteiger partial charge in [-0.25, -0.2) is 0 Å². The molecule has 0 atom stereocenters. The summed E-state index contributed by atoms with van der Waals surface area (Å²) in [5, 5.41) is 7.85. The molecule has 4 heteroatoms. The molecule has 0 fully saturated rings. The third kappa shape index (κ3) is 2.48. The molecule has 4 heterocycles. The van der Waals surface area contributed by atoms with Crippen LogP contribution in [0.5, 0.6) is 0 Å². The number of rotatable bonds is 0. The molecule has 42 heavy (non-hydrogen) atoms. The van der Waals surface area contributed by atoms with E-state index in [1.165, 1.54) is 92.3 Å². The van der Waals surface area contributed by atoms with Crippen molar-refractivity contribution in [1.29, 1.82) is 0 Å². The summed E-state index contributed by atoms with van der Waals surface area (Å²) in [6.45, 7) is 0.0766. The van der Waals surface area contributed by atoms with Crippen molar-refractivity contribution in [3.8, 4) is 11.1 Å². The van der Waals surface area contributed by atoms with Crippen molar-refractivity contribution in [3.63, 3.8) is 0 Å². The fourth-order valence-electron chi connectivity index (χ4n) is 8.08. The third-order valence-electron chi connectivity index (χ3n) is 9.67. The highest BCUT2D eigenvalue weighted by molar-refractivity contribution is 7.99. The van der Waals surface area contributed by atoms with Crippen LogP contribution in [0.2, 0.25) is 0 Å². The zero-order valence-corrected chi connectivity index (χ0v) is 23.3. The van der Waals surface area contributed by atoms with Crippen LogP contribution in [0.15, 0.2) is 137 Å². The Morgan fingerprint density at radius 2 is 1.29 bits per heavy atom. The van der Waals surface area contributed by atoms with Gasteiger partial charge in [0.05, 0.1) is 11.4 Å². The Bertz CT molecular complexity index is 2530. The average molecular weight is 548 g/mol. The Kier molecular flexibility index (Phi) is 3.87. The maximum Gasteiger partial charge on any atom is 0.333 e. The number of nitrogens with zero attached hydrogens (tertiary/aromatic N) is 2. The van der Waals surface area contributed by atoms with Crippen LogP contribution in [0.4, 0.5) is 17.1 Å². The lowest BCUT2D eigenvalue weighted by Crippen LogP contribution is -2.57. The lowest BCUT2D eigenvalue weighted by Gasteiger charge is -2.43. The van der Waals surface area contributed by atoms with E-state index in [1.54, 1.807) is 0 Å². The molecular formula is C38H21BN2S. The first kappa shape index (κ1) is 21.8. The number of anilines is 3. The van der Waals surface area contributed by atoms with E-state index in [2.05, 4.69) is 137 Å². The van der Waals surface area contributed by atoms with Gasteiger partial charge in [-0.3, -0.25) is 0 Å². The molecule has 0 radical (unpaired) electrons. The second-order valence-corrected chi connectivity index (χ2v) is 12.8. The average Bonchev–Trinajstić information content (AvgIpc) is 3.36. The summed E-state index contributed by atoms with van der Waals surface area (Å²) in [6.07, 6.45) is 0. The van der Waals surface area contributed by atoms with Crippen LogP contribution in [0.25, 0.3) is 54.5 Å². The first-order valence-corrected chi connectivity index (χ1v) is 15.4. The summed E-state index contributed by atoms with van der Waals surface area (Å²) in [5.74, 6) is 0. The first-order chi connectivity index (χ1) is 20.8. The topological polar surface area (TPSA) is 8.17 Å². The van der Waals surface area contributed by atoms with Gasteiger partial charge in [-0.05, 0) is 74.4 Å². The molecule has 0 amide bonds. The van der Waals surface area contributed by atoms with Gasteiger partial charge in [0, 0.05) is 42.8 Å². The number of fused-ring (bicyclic) bond motifs is 12. The largest absolute Gasteiger partial charge is 0.375 e. The second-order valence-electron chi connectivity index (χ2n) is 11.7. The summed E-state index contributed by atoms with van der Waals surface area (Å²) >= 11 is 1.90. The highest BCUT2D eigenvalue weighted by Gasteiger charge is 2.45. The Morgan fingerprint density at radius 1 is 0.548 bits per heavy atom. The number of aromatic nitrogens is 1. The zero-order valence-electron chi connectivity index (χ0n) is 22.5. The molecule has 2 nitrogen and oxygen atoms in total. The summed E-state index contributed by atoms with van der Waals surface area (Å²) in [4.78, 5) is 5.19. The van der Waals surface area contributed by atoms with Gasteiger partial charge in [-0.15, -0.1) is 0 Å². The van der Waals surface area contributed by atoms with E-state index in [1.807, 2.05) is 11.8 Å². The summed E-state index contributed by atoms with van der Waals surface area (Å²) in [5.41, 5.74) is 12.0. The molecule has 0 saturated heterocycles. The predicted molar refractivity (Wildman–Crippen MR) is 179 cm³/mol. The molecule has 0 bridgehead atoms. The standard InChI is InChI=1S/C38H21BN2S/c1-2-10-23-20-31-28(19-22(23)9-1)26-13-7-14-27-35-25-12-4-3-11-24(25)21-32-36(35)39(41(31)37(26)27)29-15-8-18-34-38(29)40(32)30-16-5-6-17-33(30)42-34/h1-21H. The lowest BCUT2D eigenvalue weighted by atomic mass is 9.44. The molecule has 7 aromatic carbocycles. The molecule has 11 rings (SSSR count). The molecular weight excluding hydrogens is 527 g/mol. The summed E-state index contributed by atoms with van der Waals surface area (Å²) in [6, 6.07) is 47.8. The molecule has 3 aliphatic rings. The number of para-hydroxylation sites is 3. The van der Waals surface area contributed by atoms with Crippen molar-refractivity contribution in [3.05, 3.63) is 127 Å². The Balaban J connectivity index is 1.40. The molecule has 0 aliphatic carbocycles. The van der Waals surface area contributed by atoms with E-state index >= 15 is 0 Å². The van der Waals surface area contributed by atoms with E-state index in [0.29, 0.717) is 0 Å². The maximum atomic E-state index is 2.67. The van der Waals surface area contributed by atoms with Gasteiger partial charge in [-0.2, -0.15) is 0 Å². The normalized spacial score (nSPS) is 14.0. The monoisotopic (exact) mass is 548 g/mol. The Labute approximate surface area is 246 Å². The highest BCUT2D eigenvalue weighted by atomic mass is 32.2. The van der Waals surface area contributed by atoms with Crippen molar-refractivity contribution in [1.82, 2.24) is 4.48 Å². The highest BCUT2D eigenvalue weighted by Crippen LogP contribution is 2.54. The summed E-state index contributed by atoms with van der Waals surface area (Å²) in [7, 11) is 0. The molecule has 0 N–H and O–H groups in total. The van der Waals surface area contributed by atoms with Gasteiger partial charge in [0.15, 0.2) is 0 Å². The van der Waals surface area contributed by atoms with Crippen molar-refractivity contribution >= 4 is 89.9 Å². The second kappa shape index (κ2) is 7.47. The SMILES string of the molecule is c1ccc2c(c1)Sc1cccc3c1N2c1cc2ccccc2c2c1B3n1c3cc4ccccc4cc3c3cccc-2c31. The van der Waals surface area contributed by atoms with Crippen LogP contribution in [-0.2, 0) is 0 Å². The van der Waals surface area contributed by atoms with Gasteiger partial charge >= 0.3 is 6.85 Å². The van der Waals surface area contributed by atoms with Crippen LogP contribution < -0.4 is 15.8 Å². The van der Waals surface area contributed by atoms with Gasteiger partial charge in [-0.1, -0.05) is 103 Å². The molecule has 0 saturated carbocycles. The van der Waals surface area contributed by atoms with E-state index < -0.39 is 0 Å². The van der Waals surface area contributed by atoms with Crippen LogP contribution in [0.3, 0.4) is 0 Å². The van der Waals surface area contributed by atoms with E-state index in [-0.39, 0.29) is 6.85 Å². The van der Waals surface area contributed by atoms with Gasteiger partial charge in [0.25, 0.3) is 0 Å². The molecule has 192 valence electrons. The minimum absolute atomic E-state index is 0.0766. The van der Waals surface area contributed by atoms with Crippen LogP contribution in [-0.4, -0.2) is 11.3 Å². The number of benzene rings is 7. The number of hydrogen-bond acceptors (Lipinski definition) is 2. The predicted octanol–water partition coefficient (Wildman–Crippen LogP) is 8.98. The van der Waals surface area contributed by atoms with E-state index in [0.717, 1.165) is 0 Å². The molecule has 3 aliphatic heterocycles. The van der Waals surface area contributed by atoms with Gasteiger partial charge in [0.2, 0.25) is 0 Å². The van der Waals surface area contributed by atoms with Crippen LogP contribution >= 0.6 is 11.8 Å². The smallest absolute Gasteiger partial charge is 0.333 e. The van der Waals surface area contributed by atoms with Crippen molar-refractivity contribution in [2.75, 3.05) is 4.90 Å². The van der Waals surface area contributed by atoms with Gasteiger partial charge in [0.1, 0.15) is 0 Å². The Hall–Kier alpha value is -4.93. The minimum Gasteiger partial charge on any atom is -0.375 e. The third-order valence-corrected chi connectivity index (χ3v) is 10.8. The quantitative estimate of drug-likeness (QED) is 0.175. The van der Waals surface area contributed by atoms with Crippen LogP contribution in [0, 0.1) is 0 Å². The lowest BCUT2D eigenvalue weighted by molar-refractivity contribution is 1.16. The van der Waals surface area contributed by atoms with Gasteiger partial charge < -0.3 is 9.38 Å². The number of hydrogen-bond donors (Lipinski definition) is 0. The molecule has 8 aromatic rings. The Morgan fingerprint density at radius 3 is 2.21 bits per heavy atom. The first-order valence-electron chi connectivity index (χ1n) is 14.6. The molecule has 1 aromatic heterocycles. The molecule has 0 spiro atoms. The minimum atomic E-state index is 0.0766. The summed E-state index contributed by atoms with van der Waals surface area (Å²) < 4.78 is 2.67. The fraction of sp³-hybridized carbons (Fsp3) is 0. The zero-order chi connectivity index (χ0) is 27.1.